The van der Waals surface area contributed by atoms with Crippen molar-refractivity contribution < 1.29 is 9.90 Å². The van der Waals surface area contributed by atoms with Gasteiger partial charge in [0.25, 0.3) is 0 Å². The zero-order chi connectivity index (χ0) is 15.5. The van der Waals surface area contributed by atoms with E-state index in [1.165, 1.54) is 11.8 Å². The van der Waals surface area contributed by atoms with E-state index in [4.69, 9.17) is 10.8 Å². The summed E-state index contributed by atoms with van der Waals surface area (Å²) in [4.78, 5) is 11.0. The number of tetrazole rings is 1. The largest absolute Gasteiger partial charge is 0.480 e. The number of benzene rings is 1. The number of aliphatic carboxylic acids is 1. The molecule has 8 heteroatoms. The van der Waals surface area contributed by atoms with Crippen molar-refractivity contribution in [2.24, 2.45) is 5.73 Å². The second-order valence-corrected chi connectivity index (χ2v) is 6.68. The predicted molar refractivity (Wildman–Crippen MR) is 80.1 cm³/mol. The normalized spacial score (nSPS) is 13.1. The molecule has 0 aliphatic carbocycles. The molecule has 2 rings (SSSR count). The molecule has 0 saturated heterocycles. The molecule has 21 heavy (non-hydrogen) atoms. The second kappa shape index (κ2) is 6.23. The molecule has 0 fully saturated rings. The molecule has 0 spiro atoms. The van der Waals surface area contributed by atoms with Crippen LogP contribution in [0.2, 0.25) is 0 Å². The molecule has 1 aromatic heterocycles. The Balaban J connectivity index is 2.12. The summed E-state index contributed by atoms with van der Waals surface area (Å²) in [6.45, 7) is 3.60. The average Bonchev–Trinajstić information content (AvgIpc) is 2.93. The number of nitrogens with two attached hydrogens (primary N) is 1. The number of aromatic nitrogens is 4. The van der Waals surface area contributed by atoms with E-state index in [2.05, 4.69) is 15.5 Å². The number of carboxylic acids is 1. The minimum absolute atomic E-state index is 0.468. The van der Waals surface area contributed by atoms with Gasteiger partial charge in [0.05, 0.1) is 11.4 Å². The van der Waals surface area contributed by atoms with Crippen LogP contribution in [0.5, 0.6) is 0 Å². The monoisotopic (exact) mass is 307 g/mol. The number of hydrogen-bond acceptors (Lipinski definition) is 6. The quantitative estimate of drug-likeness (QED) is 0.822. The van der Waals surface area contributed by atoms with Crippen molar-refractivity contribution in [1.29, 1.82) is 0 Å². The fraction of sp³-hybridized carbons (Fsp3) is 0.385. The fourth-order valence-corrected chi connectivity index (χ4v) is 2.66. The molecule has 0 amide bonds. The van der Waals surface area contributed by atoms with Gasteiger partial charge in [-0.05, 0) is 36.4 Å². The lowest BCUT2D eigenvalue weighted by Gasteiger charge is -2.27. The molecule has 0 aliphatic rings. The molecule has 0 unspecified atom stereocenters. The second-order valence-electron chi connectivity index (χ2n) is 5.05. The summed E-state index contributed by atoms with van der Waals surface area (Å²) < 4.78 is 1.01. The van der Waals surface area contributed by atoms with Crippen molar-refractivity contribution in [3.05, 3.63) is 36.2 Å². The molecule has 0 radical (unpaired) electrons. The Morgan fingerprint density at radius 2 is 2.10 bits per heavy atom. The molecule has 0 saturated carbocycles. The van der Waals surface area contributed by atoms with Gasteiger partial charge in [0.15, 0.2) is 5.82 Å². The molecule has 3 N–H and O–H groups in total. The number of thioether (sulfide) groups is 1. The maximum atomic E-state index is 11.0. The van der Waals surface area contributed by atoms with Crippen molar-refractivity contribution in [3.63, 3.8) is 0 Å². The van der Waals surface area contributed by atoms with Crippen LogP contribution in [0.25, 0.3) is 5.69 Å². The van der Waals surface area contributed by atoms with E-state index >= 15 is 0 Å². The Bertz CT molecular complexity index is 614. The maximum absolute atomic E-state index is 11.0. The first-order chi connectivity index (χ1) is 9.92. The average molecular weight is 307 g/mol. The van der Waals surface area contributed by atoms with Gasteiger partial charge in [-0.3, -0.25) is 4.79 Å². The highest BCUT2D eigenvalue weighted by molar-refractivity contribution is 7.99. The first-order valence-corrected chi connectivity index (χ1v) is 7.35. The summed E-state index contributed by atoms with van der Waals surface area (Å²) in [5.41, 5.74) is 6.56. The molecule has 112 valence electrons. The molecule has 7 nitrogen and oxygen atoms in total. The third-order valence-corrected chi connectivity index (χ3v) is 4.52. The predicted octanol–water partition coefficient (Wildman–Crippen LogP) is 1.09. The number of carboxylic acid groups (broad SMARTS) is 1. The molecular weight excluding hydrogens is 290 g/mol. The van der Waals surface area contributed by atoms with E-state index in [0.717, 1.165) is 5.69 Å². The topological polar surface area (TPSA) is 107 Å². The van der Waals surface area contributed by atoms with E-state index in [-0.39, 0.29) is 0 Å². The Morgan fingerprint density at radius 1 is 1.43 bits per heavy atom. The number of nitrogens with zero attached hydrogens (tertiary/aromatic N) is 4. The van der Waals surface area contributed by atoms with Crippen LogP contribution in [0, 0.1) is 0 Å². The SMILES string of the molecule is CC(C)(SCc1nnnn1-c1ccccc1)[C@H](N)C(=O)O. The highest BCUT2D eigenvalue weighted by atomic mass is 32.2. The van der Waals surface area contributed by atoms with Gasteiger partial charge in [0.1, 0.15) is 6.04 Å². The lowest BCUT2D eigenvalue weighted by molar-refractivity contribution is -0.139. The number of hydrogen-bond donors (Lipinski definition) is 2. The van der Waals surface area contributed by atoms with E-state index in [0.29, 0.717) is 11.6 Å². The van der Waals surface area contributed by atoms with Crippen molar-refractivity contribution in [1.82, 2.24) is 20.2 Å². The maximum Gasteiger partial charge on any atom is 0.321 e. The molecule has 1 aromatic carbocycles. The van der Waals surface area contributed by atoms with Gasteiger partial charge in [-0.1, -0.05) is 18.2 Å². The van der Waals surface area contributed by atoms with Crippen molar-refractivity contribution in [2.45, 2.75) is 30.4 Å². The Morgan fingerprint density at radius 3 is 2.71 bits per heavy atom. The van der Waals surface area contributed by atoms with Gasteiger partial charge < -0.3 is 10.8 Å². The summed E-state index contributed by atoms with van der Waals surface area (Å²) in [5, 5.41) is 20.7. The smallest absolute Gasteiger partial charge is 0.321 e. The van der Waals surface area contributed by atoms with Gasteiger partial charge in [-0.25, -0.2) is 0 Å². The molecule has 1 atom stereocenters. The first kappa shape index (κ1) is 15.5. The standard InChI is InChI=1S/C13H17N5O2S/c1-13(2,11(14)12(19)20)21-8-10-15-16-17-18(10)9-6-4-3-5-7-9/h3-7,11H,8,14H2,1-2H3,(H,19,20)/t11-/m1/s1. The van der Waals surface area contributed by atoms with Crippen LogP contribution in [0.4, 0.5) is 0 Å². The zero-order valence-electron chi connectivity index (χ0n) is 11.8. The molecule has 0 bridgehead atoms. The van der Waals surface area contributed by atoms with E-state index in [1.807, 2.05) is 30.3 Å². The summed E-state index contributed by atoms with van der Waals surface area (Å²) in [7, 11) is 0. The summed E-state index contributed by atoms with van der Waals surface area (Å²) in [5.74, 6) is 0.0996. The first-order valence-electron chi connectivity index (χ1n) is 6.37. The van der Waals surface area contributed by atoms with E-state index in [9.17, 15) is 4.79 Å². The van der Waals surface area contributed by atoms with Gasteiger partial charge in [0, 0.05) is 4.75 Å². The summed E-state index contributed by atoms with van der Waals surface area (Å²) in [6, 6.07) is 8.56. The lowest BCUT2D eigenvalue weighted by atomic mass is 10.1. The van der Waals surface area contributed by atoms with Gasteiger partial charge in [0.2, 0.25) is 0 Å². The number of carbonyl (C=O) groups is 1. The van der Waals surface area contributed by atoms with E-state index < -0.39 is 16.8 Å². The van der Waals surface area contributed by atoms with Crippen LogP contribution < -0.4 is 5.73 Å². The van der Waals surface area contributed by atoms with Crippen molar-refractivity contribution in [2.75, 3.05) is 0 Å². The summed E-state index contributed by atoms with van der Waals surface area (Å²) in [6.07, 6.45) is 0. The minimum Gasteiger partial charge on any atom is -0.480 e. The molecule has 1 heterocycles. The number of para-hydroxylation sites is 1. The molecule has 2 aromatic rings. The zero-order valence-corrected chi connectivity index (χ0v) is 12.6. The Kier molecular flexibility index (Phi) is 4.59. The van der Waals surface area contributed by atoms with Crippen molar-refractivity contribution >= 4 is 17.7 Å². The van der Waals surface area contributed by atoms with Crippen LogP contribution in [0.1, 0.15) is 19.7 Å². The van der Waals surface area contributed by atoms with Crippen LogP contribution in [0.3, 0.4) is 0 Å². The van der Waals surface area contributed by atoms with E-state index in [1.54, 1.807) is 18.5 Å². The van der Waals surface area contributed by atoms with Crippen LogP contribution in [0.15, 0.2) is 30.3 Å². The Hall–Kier alpha value is -1.93. The minimum atomic E-state index is -1.02. The number of rotatable bonds is 6. The van der Waals surface area contributed by atoms with Crippen LogP contribution in [-0.2, 0) is 10.5 Å². The van der Waals surface area contributed by atoms with Gasteiger partial charge in [-0.15, -0.1) is 16.9 Å². The highest BCUT2D eigenvalue weighted by Gasteiger charge is 2.33. The van der Waals surface area contributed by atoms with Crippen molar-refractivity contribution in [3.8, 4) is 5.69 Å². The third-order valence-electron chi connectivity index (χ3n) is 3.12. The van der Waals surface area contributed by atoms with Gasteiger partial charge in [-0.2, -0.15) is 4.68 Å². The lowest BCUT2D eigenvalue weighted by Crippen LogP contribution is -2.46. The van der Waals surface area contributed by atoms with Crippen LogP contribution in [-0.4, -0.2) is 42.1 Å². The third kappa shape index (κ3) is 3.59. The molecular formula is C13H17N5O2S. The van der Waals surface area contributed by atoms with Crippen LogP contribution >= 0.6 is 11.8 Å². The summed E-state index contributed by atoms with van der Waals surface area (Å²) >= 11 is 1.41. The van der Waals surface area contributed by atoms with Gasteiger partial charge >= 0.3 is 5.97 Å². The molecule has 0 aliphatic heterocycles. The Labute approximate surface area is 126 Å². The highest BCUT2D eigenvalue weighted by Crippen LogP contribution is 2.30. The fourth-order valence-electron chi connectivity index (χ4n) is 1.70.